The predicted octanol–water partition coefficient (Wildman–Crippen LogP) is -0.672. The Balaban J connectivity index is 2.11. The molecule has 1 amide bonds. The second-order valence-electron chi connectivity index (χ2n) is 2.89. The van der Waals surface area contributed by atoms with Crippen LogP contribution in [0, 0.1) is 0 Å². The van der Waals surface area contributed by atoms with Gasteiger partial charge in [0.25, 0.3) is 0 Å². The Morgan fingerprint density at radius 1 is 1.64 bits per heavy atom. The number of amides is 1. The molecule has 0 aliphatic carbocycles. The molecule has 14 heavy (non-hydrogen) atoms. The monoisotopic (exact) mass is 218 g/mol. The first-order valence-electron chi connectivity index (χ1n) is 4.39. The van der Waals surface area contributed by atoms with Gasteiger partial charge in [0.05, 0.1) is 19.6 Å². The van der Waals surface area contributed by atoms with Crippen molar-refractivity contribution in [3.8, 4) is 0 Å². The molecule has 0 bridgehead atoms. The van der Waals surface area contributed by atoms with Gasteiger partial charge in [0.1, 0.15) is 0 Å². The Hall–Kier alpha value is -0.750. The summed E-state index contributed by atoms with van der Waals surface area (Å²) in [6.45, 7) is 0.342. The highest BCUT2D eigenvalue weighted by atomic mass is 32.2. The van der Waals surface area contributed by atoms with Crippen molar-refractivity contribution >= 4 is 23.6 Å². The molecular weight excluding hydrogens is 204 g/mol. The van der Waals surface area contributed by atoms with Crippen LogP contribution >= 0.6 is 11.8 Å². The number of methoxy groups -OCH3 is 1. The van der Waals surface area contributed by atoms with Crippen LogP contribution in [0.5, 0.6) is 0 Å². The molecule has 0 aromatic rings. The summed E-state index contributed by atoms with van der Waals surface area (Å²) >= 11 is 1.69. The van der Waals surface area contributed by atoms with E-state index in [9.17, 15) is 9.59 Å². The lowest BCUT2D eigenvalue weighted by atomic mass is 10.3. The molecule has 0 aromatic carbocycles. The molecule has 1 unspecified atom stereocenters. The van der Waals surface area contributed by atoms with Crippen molar-refractivity contribution in [2.45, 2.75) is 12.5 Å². The first kappa shape index (κ1) is 11.3. The third kappa shape index (κ3) is 3.55. The van der Waals surface area contributed by atoms with Crippen LogP contribution < -0.4 is 10.6 Å². The van der Waals surface area contributed by atoms with Crippen LogP contribution in [0.3, 0.4) is 0 Å². The maximum Gasteiger partial charge on any atom is 0.307 e. The van der Waals surface area contributed by atoms with Gasteiger partial charge < -0.3 is 10.1 Å². The molecule has 0 aromatic heterocycles. The SMILES string of the molecule is COC(=O)CCNC(=O)C1CSCN1. The van der Waals surface area contributed by atoms with E-state index in [1.807, 2.05) is 0 Å². The Morgan fingerprint density at radius 3 is 3.00 bits per heavy atom. The Labute approximate surface area is 86.9 Å². The van der Waals surface area contributed by atoms with Crippen molar-refractivity contribution in [1.29, 1.82) is 0 Å². The number of carbonyl (C=O) groups excluding carboxylic acids is 2. The number of ether oxygens (including phenoxy) is 1. The summed E-state index contributed by atoms with van der Waals surface area (Å²) in [4.78, 5) is 22.1. The van der Waals surface area contributed by atoms with Gasteiger partial charge in [-0.3, -0.25) is 14.9 Å². The van der Waals surface area contributed by atoms with Crippen molar-refractivity contribution in [2.75, 3.05) is 25.3 Å². The van der Waals surface area contributed by atoms with Crippen LogP contribution in [-0.2, 0) is 14.3 Å². The summed E-state index contributed by atoms with van der Waals surface area (Å²) in [5, 5.41) is 5.72. The van der Waals surface area contributed by atoms with E-state index in [4.69, 9.17) is 0 Å². The lowest BCUT2D eigenvalue weighted by molar-refractivity contribution is -0.140. The van der Waals surface area contributed by atoms with Gasteiger partial charge in [0.2, 0.25) is 5.91 Å². The van der Waals surface area contributed by atoms with Gasteiger partial charge in [0.15, 0.2) is 0 Å². The minimum absolute atomic E-state index is 0.0427. The molecule has 1 rings (SSSR count). The summed E-state index contributed by atoms with van der Waals surface area (Å²) < 4.78 is 4.45. The third-order valence-corrected chi connectivity index (χ3v) is 2.83. The summed E-state index contributed by atoms with van der Waals surface area (Å²) in [5.41, 5.74) is 0. The highest BCUT2D eigenvalue weighted by molar-refractivity contribution is 7.99. The number of nitrogens with one attached hydrogen (secondary N) is 2. The summed E-state index contributed by atoms with van der Waals surface area (Å²) in [6, 6.07) is -0.113. The van der Waals surface area contributed by atoms with E-state index in [1.165, 1.54) is 7.11 Å². The molecule has 1 saturated heterocycles. The van der Waals surface area contributed by atoms with Gasteiger partial charge >= 0.3 is 5.97 Å². The summed E-state index contributed by atoms with van der Waals surface area (Å²) in [5.74, 6) is 1.26. The first-order chi connectivity index (χ1) is 6.74. The zero-order valence-electron chi connectivity index (χ0n) is 8.04. The van der Waals surface area contributed by atoms with Gasteiger partial charge in [-0.25, -0.2) is 0 Å². The maximum absolute atomic E-state index is 11.4. The maximum atomic E-state index is 11.4. The normalized spacial score (nSPS) is 20.5. The average molecular weight is 218 g/mol. The highest BCUT2D eigenvalue weighted by Gasteiger charge is 2.21. The molecule has 0 spiro atoms. The molecule has 80 valence electrons. The number of esters is 1. The van der Waals surface area contributed by atoms with Crippen LogP contribution in [0.15, 0.2) is 0 Å². The van der Waals surface area contributed by atoms with Crippen molar-refractivity contribution in [2.24, 2.45) is 0 Å². The number of thioether (sulfide) groups is 1. The first-order valence-corrected chi connectivity index (χ1v) is 5.55. The second-order valence-corrected chi connectivity index (χ2v) is 3.92. The summed E-state index contributed by atoms with van der Waals surface area (Å²) in [6.07, 6.45) is 0.224. The van der Waals surface area contributed by atoms with Crippen molar-refractivity contribution in [3.63, 3.8) is 0 Å². The highest BCUT2D eigenvalue weighted by Crippen LogP contribution is 2.08. The molecule has 5 nitrogen and oxygen atoms in total. The van der Waals surface area contributed by atoms with E-state index in [0.29, 0.717) is 6.54 Å². The molecule has 1 heterocycles. The fraction of sp³-hybridized carbons (Fsp3) is 0.750. The zero-order valence-corrected chi connectivity index (χ0v) is 8.86. The van der Waals surface area contributed by atoms with E-state index in [2.05, 4.69) is 15.4 Å². The number of hydrogen-bond donors (Lipinski definition) is 2. The number of carbonyl (C=O) groups is 2. The minimum Gasteiger partial charge on any atom is -0.469 e. The van der Waals surface area contributed by atoms with Crippen LogP contribution in [-0.4, -0.2) is 43.2 Å². The van der Waals surface area contributed by atoms with Crippen molar-refractivity contribution < 1.29 is 14.3 Å². The number of hydrogen-bond acceptors (Lipinski definition) is 5. The largest absolute Gasteiger partial charge is 0.469 e. The molecule has 2 N–H and O–H groups in total. The third-order valence-electron chi connectivity index (χ3n) is 1.89. The van der Waals surface area contributed by atoms with Gasteiger partial charge in [-0.15, -0.1) is 11.8 Å². The Kier molecular flexibility index (Phi) is 4.75. The van der Waals surface area contributed by atoms with Gasteiger partial charge in [-0.2, -0.15) is 0 Å². The van der Waals surface area contributed by atoms with Crippen LogP contribution in [0.1, 0.15) is 6.42 Å². The molecule has 0 radical (unpaired) electrons. The van der Waals surface area contributed by atoms with Crippen LogP contribution in [0.4, 0.5) is 0 Å². The van der Waals surface area contributed by atoms with Crippen LogP contribution in [0.25, 0.3) is 0 Å². The van der Waals surface area contributed by atoms with E-state index < -0.39 is 0 Å². The van der Waals surface area contributed by atoms with Gasteiger partial charge in [0, 0.05) is 18.2 Å². The molecule has 1 fully saturated rings. The average Bonchev–Trinajstić information content (AvgIpc) is 2.70. The quantitative estimate of drug-likeness (QED) is 0.612. The molecule has 1 aliphatic rings. The summed E-state index contributed by atoms with van der Waals surface area (Å²) in [7, 11) is 1.33. The second kappa shape index (κ2) is 5.87. The fourth-order valence-corrected chi connectivity index (χ4v) is 2.02. The van der Waals surface area contributed by atoms with Gasteiger partial charge in [-0.05, 0) is 0 Å². The molecular formula is C8H14N2O3S. The predicted molar refractivity (Wildman–Crippen MR) is 53.9 cm³/mol. The fourth-order valence-electron chi connectivity index (χ4n) is 1.08. The molecule has 1 aliphatic heterocycles. The van der Waals surface area contributed by atoms with Crippen molar-refractivity contribution in [1.82, 2.24) is 10.6 Å². The topological polar surface area (TPSA) is 67.4 Å². The van der Waals surface area contributed by atoms with E-state index in [0.717, 1.165) is 11.6 Å². The lowest BCUT2D eigenvalue weighted by Crippen LogP contribution is -2.42. The Bertz CT molecular complexity index is 217. The van der Waals surface area contributed by atoms with E-state index >= 15 is 0 Å². The molecule has 1 atom stereocenters. The van der Waals surface area contributed by atoms with Gasteiger partial charge in [-0.1, -0.05) is 0 Å². The molecule has 6 heteroatoms. The van der Waals surface area contributed by atoms with E-state index in [-0.39, 0.29) is 24.3 Å². The minimum atomic E-state index is -0.306. The standard InChI is InChI=1S/C8H14N2O3S/c1-13-7(11)2-3-9-8(12)6-4-14-5-10-6/h6,10H,2-5H2,1H3,(H,9,12). The smallest absolute Gasteiger partial charge is 0.307 e. The zero-order chi connectivity index (χ0) is 10.4. The van der Waals surface area contributed by atoms with Crippen molar-refractivity contribution in [3.05, 3.63) is 0 Å². The molecule has 0 saturated carbocycles. The van der Waals surface area contributed by atoms with Crippen LogP contribution in [0.2, 0.25) is 0 Å². The number of rotatable bonds is 4. The lowest BCUT2D eigenvalue weighted by Gasteiger charge is -2.09. The Morgan fingerprint density at radius 2 is 2.43 bits per heavy atom. The van der Waals surface area contributed by atoms with E-state index in [1.54, 1.807) is 11.8 Å².